The quantitative estimate of drug-likeness (QED) is 0.702. The molecule has 0 aliphatic carbocycles. The van der Waals surface area contributed by atoms with Gasteiger partial charge in [-0.2, -0.15) is 0 Å². The lowest BCUT2D eigenvalue weighted by Gasteiger charge is -2.17. The normalized spacial score (nSPS) is 15.4. The van der Waals surface area contributed by atoms with E-state index in [1.807, 2.05) is 42.5 Å². The van der Waals surface area contributed by atoms with Crippen LogP contribution in [0, 0.1) is 0 Å². The Morgan fingerprint density at radius 3 is 2.52 bits per heavy atom. The summed E-state index contributed by atoms with van der Waals surface area (Å²) >= 11 is -1.06. The lowest BCUT2D eigenvalue weighted by atomic mass is 10.1. The van der Waals surface area contributed by atoms with Crippen molar-refractivity contribution in [1.29, 1.82) is 0 Å². The van der Waals surface area contributed by atoms with E-state index in [0.717, 1.165) is 16.8 Å². The minimum Gasteiger partial charge on any atom is -0.611 e. The Morgan fingerprint density at radius 2 is 1.74 bits per heavy atom. The lowest BCUT2D eigenvalue weighted by molar-refractivity contribution is 0.147. The van der Waals surface area contributed by atoms with Gasteiger partial charge in [0.1, 0.15) is 5.75 Å². The van der Waals surface area contributed by atoms with Gasteiger partial charge in [0.05, 0.1) is 6.54 Å². The van der Waals surface area contributed by atoms with Crippen LogP contribution in [0.4, 0.5) is 4.79 Å². The molecule has 1 aromatic heterocycles. The lowest BCUT2D eigenvalue weighted by Crippen LogP contribution is -2.31. The fraction of sp³-hybridized carbons (Fsp3) is 0.286. The largest absolute Gasteiger partial charge is 0.611 e. The summed E-state index contributed by atoms with van der Waals surface area (Å²) in [5.74, 6) is 0.539. The molecule has 5 nitrogen and oxygen atoms in total. The topological polar surface area (TPSA) is 68.5 Å². The van der Waals surface area contributed by atoms with Gasteiger partial charge in [0.15, 0.2) is 4.90 Å². The van der Waals surface area contributed by atoms with Crippen LogP contribution >= 0.6 is 0 Å². The molecule has 2 heterocycles. The Balaban J connectivity index is 1.64. The average molecular weight is 382 g/mol. The average Bonchev–Trinajstić information content (AvgIpc) is 2.84. The van der Waals surface area contributed by atoms with E-state index in [0.29, 0.717) is 31.8 Å². The molecule has 0 saturated carbocycles. The van der Waals surface area contributed by atoms with Gasteiger partial charge in [-0.25, -0.2) is 4.79 Å². The molecule has 1 aliphatic heterocycles. The maximum Gasteiger partial charge on any atom is 0.407 e. The van der Waals surface area contributed by atoms with Gasteiger partial charge in [-0.3, -0.25) is 0 Å². The number of hydrogen-bond donors (Lipinski definition) is 1. The number of amides is 1. The van der Waals surface area contributed by atoms with Gasteiger partial charge in [0, 0.05) is 36.1 Å². The predicted octanol–water partition coefficient (Wildman–Crippen LogP) is 3.53. The van der Waals surface area contributed by atoms with Crippen molar-refractivity contribution < 1.29 is 14.5 Å². The van der Waals surface area contributed by atoms with Crippen LogP contribution in [-0.4, -0.2) is 44.1 Å². The molecule has 1 aliphatic rings. The molecule has 140 valence electrons. The number of carboxylic acid groups (broad SMARTS) is 1. The van der Waals surface area contributed by atoms with E-state index < -0.39 is 17.3 Å². The van der Waals surface area contributed by atoms with Crippen LogP contribution in [0.3, 0.4) is 0 Å². The zero-order valence-corrected chi connectivity index (χ0v) is 15.8. The Kier molecular flexibility index (Phi) is 5.09. The van der Waals surface area contributed by atoms with Crippen molar-refractivity contribution in [3.8, 4) is 0 Å². The number of rotatable bonds is 4. The molecule has 0 fully saturated rings. The third kappa shape index (κ3) is 3.55. The number of nitrogens with zero attached hydrogens (tertiary/aromatic N) is 2. The van der Waals surface area contributed by atoms with Crippen molar-refractivity contribution in [2.45, 2.75) is 24.3 Å². The number of aromatic nitrogens is 1. The zero-order valence-electron chi connectivity index (χ0n) is 15.0. The molecular formula is C21H22N2O3S. The van der Waals surface area contributed by atoms with Crippen molar-refractivity contribution in [3.05, 3.63) is 65.9 Å². The van der Waals surface area contributed by atoms with Gasteiger partial charge < -0.3 is 19.1 Å². The molecule has 2 aromatic carbocycles. The Bertz CT molecular complexity index is 955. The standard InChI is InChI=1S/C21H22N2O3S/c24-21(25)22-12-10-18-17-8-4-5-9-19(17)23(20(18)11-13-22)14-15-27(26)16-6-2-1-3-7-16/h1-9H,10-15H2,(H,24,25). The predicted molar refractivity (Wildman–Crippen MR) is 107 cm³/mol. The van der Waals surface area contributed by atoms with E-state index in [4.69, 9.17) is 0 Å². The van der Waals surface area contributed by atoms with Gasteiger partial charge in [-0.05, 0) is 41.4 Å². The molecule has 0 saturated heterocycles. The fourth-order valence-electron chi connectivity index (χ4n) is 3.90. The first-order chi connectivity index (χ1) is 13.1. The van der Waals surface area contributed by atoms with Crippen molar-refractivity contribution >= 4 is 28.2 Å². The number of fused-ring (bicyclic) bond motifs is 3. The summed E-state index contributed by atoms with van der Waals surface area (Å²) in [6.07, 6.45) is 0.548. The zero-order chi connectivity index (χ0) is 18.8. The van der Waals surface area contributed by atoms with Gasteiger partial charge in [0.25, 0.3) is 0 Å². The SMILES string of the molecule is O=C(O)N1CCc2c(n(CC[S+]([O-])c3ccccc3)c3ccccc23)CC1. The summed E-state index contributed by atoms with van der Waals surface area (Å²) in [6, 6.07) is 17.8. The van der Waals surface area contributed by atoms with Crippen molar-refractivity contribution in [2.75, 3.05) is 18.8 Å². The number of benzene rings is 2. The molecule has 0 radical (unpaired) electrons. The first-order valence-electron chi connectivity index (χ1n) is 9.15. The highest BCUT2D eigenvalue weighted by Gasteiger charge is 2.24. The highest BCUT2D eigenvalue weighted by Crippen LogP contribution is 2.29. The number of para-hydroxylation sites is 1. The molecule has 1 atom stereocenters. The summed E-state index contributed by atoms with van der Waals surface area (Å²) in [4.78, 5) is 13.7. The Hall–Kier alpha value is -2.44. The van der Waals surface area contributed by atoms with E-state index in [1.54, 1.807) is 0 Å². The minimum atomic E-state index is -1.06. The summed E-state index contributed by atoms with van der Waals surface area (Å²) in [5, 5.41) is 10.5. The number of hydrogen-bond acceptors (Lipinski definition) is 2. The second kappa shape index (κ2) is 7.66. The third-order valence-corrected chi connectivity index (χ3v) is 6.57. The molecule has 27 heavy (non-hydrogen) atoms. The Labute approximate surface area is 161 Å². The van der Waals surface area contributed by atoms with Crippen LogP contribution in [0.5, 0.6) is 0 Å². The maximum atomic E-state index is 12.7. The first kappa shape index (κ1) is 17.9. The molecule has 3 aromatic rings. The smallest absolute Gasteiger partial charge is 0.407 e. The van der Waals surface area contributed by atoms with E-state index in [1.165, 1.54) is 21.5 Å². The van der Waals surface area contributed by atoms with E-state index >= 15 is 0 Å². The van der Waals surface area contributed by atoms with Gasteiger partial charge in [-0.15, -0.1) is 0 Å². The molecule has 1 unspecified atom stereocenters. The second-order valence-corrected chi connectivity index (χ2v) is 8.30. The Morgan fingerprint density at radius 1 is 1.04 bits per heavy atom. The summed E-state index contributed by atoms with van der Waals surface area (Å²) in [5.41, 5.74) is 3.57. The highest BCUT2D eigenvalue weighted by molar-refractivity contribution is 7.91. The minimum absolute atomic E-state index is 0.500. The van der Waals surface area contributed by atoms with Crippen LogP contribution < -0.4 is 0 Å². The third-order valence-electron chi connectivity index (χ3n) is 5.22. The van der Waals surface area contributed by atoms with Crippen LogP contribution in [-0.2, 0) is 30.6 Å². The van der Waals surface area contributed by atoms with Crippen LogP contribution in [0.1, 0.15) is 11.3 Å². The second-order valence-electron chi connectivity index (χ2n) is 6.73. The molecule has 4 rings (SSSR count). The molecule has 0 spiro atoms. The van der Waals surface area contributed by atoms with Gasteiger partial charge >= 0.3 is 6.09 Å². The fourth-order valence-corrected chi connectivity index (χ4v) is 4.95. The van der Waals surface area contributed by atoms with Crippen LogP contribution in [0.25, 0.3) is 10.9 Å². The molecule has 1 amide bonds. The van der Waals surface area contributed by atoms with Crippen molar-refractivity contribution in [1.82, 2.24) is 9.47 Å². The number of aryl methyl sites for hydroxylation is 1. The van der Waals surface area contributed by atoms with Crippen LogP contribution in [0.2, 0.25) is 0 Å². The maximum absolute atomic E-state index is 12.7. The molecule has 0 bridgehead atoms. The molecule has 6 heteroatoms. The van der Waals surface area contributed by atoms with Crippen LogP contribution in [0.15, 0.2) is 59.5 Å². The van der Waals surface area contributed by atoms with E-state index in [2.05, 4.69) is 16.7 Å². The highest BCUT2D eigenvalue weighted by atomic mass is 32.2. The van der Waals surface area contributed by atoms with E-state index in [9.17, 15) is 14.5 Å². The van der Waals surface area contributed by atoms with Crippen molar-refractivity contribution in [2.24, 2.45) is 0 Å². The van der Waals surface area contributed by atoms with Gasteiger partial charge in [-0.1, -0.05) is 36.4 Å². The summed E-state index contributed by atoms with van der Waals surface area (Å²) < 4.78 is 14.9. The van der Waals surface area contributed by atoms with E-state index in [-0.39, 0.29) is 0 Å². The molecule has 1 N–H and O–H groups in total. The van der Waals surface area contributed by atoms with Crippen molar-refractivity contribution in [3.63, 3.8) is 0 Å². The monoisotopic (exact) mass is 382 g/mol. The first-order valence-corrected chi connectivity index (χ1v) is 10.5. The number of carbonyl (C=O) groups is 1. The van der Waals surface area contributed by atoms with Gasteiger partial charge in [0.2, 0.25) is 0 Å². The summed E-state index contributed by atoms with van der Waals surface area (Å²) in [7, 11) is 0. The summed E-state index contributed by atoms with van der Waals surface area (Å²) in [6.45, 7) is 1.68. The molecular weight excluding hydrogens is 360 g/mol.